The monoisotopic (exact) mass is 252 g/mol. The van der Waals surface area contributed by atoms with E-state index in [2.05, 4.69) is 9.44 Å². The van der Waals surface area contributed by atoms with Crippen LogP contribution in [0.15, 0.2) is 0 Å². The maximum atomic E-state index is 11.3. The third kappa shape index (κ3) is 7.61. The standard InChI is InChI=1S/C9H20N2O4S/c1-3-5-10-16(14,15)11-7-8(4-2)6-9(12)13/h8,10-11H,3-7H2,1-2H3,(H,12,13). The molecule has 0 aromatic heterocycles. The molecule has 0 aliphatic rings. The molecule has 0 heterocycles. The lowest BCUT2D eigenvalue weighted by atomic mass is 10.0. The van der Waals surface area contributed by atoms with Crippen molar-refractivity contribution >= 4 is 16.2 Å². The number of nitrogens with one attached hydrogen (secondary N) is 2. The Balaban J connectivity index is 4.04. The zero-order valence-electron chi connectivity index (χ0n) is 9.69. The Hall–Kier alpha value is -0.660. The fourth-order valence-electron chi connectivity index (χ4n) is 1.12. The van der Waals surface area contributed by atoms with Gasteiger partial charge < -0.3 is 5.11 Å². The predicted octanol–water partition coefficient (Wildman–Crippen LogP) is 0.321. The normalized spacial score (nSPS) is 13.6. The Kier molecular flexibility index (Phi) is 7.27. The number of rotatable bonds is 9. The SMILES string of the molecule is CCCNS(=O)(=O)NCC(CC)CC(=O)O. The van der Waals surface area contributed by atoms with Crippen LogP contribution in [0.3, 0.4) is 0 Å². The molecule has 0 aliphatic carbocycles. The van der Waals surface area contributed by atoms with Crippen LogP contribution in [0.25, 0.3) is 0 Å². The van der Waals surface area contributed by atoms with Crippen LogP contribution < -0.4 is 9.44 Å². The number of carboxylic acid groups (broad SMARTS) is 1. The molecule has 0 rings (SSSR count). The van der Waals surface area contributed by atoms with Gasteiger partial charge in [0.1, 0.15) is 0 Å². The van der Waals surface area contributed by atoms with E-state index >= 15 is 0 Å². The lowest BCUT2D eigenvalue weighted by Crippen LogP contribution is -2.39. The van der Waals surface area contributed by atoms with Gasteiger partial charge in [-0.05, 0) is 12.3 Å². The Bertz CT molecular complexity index is 303. The highest BCUT2D eigenvalue weighted by atomic mass is 32.2. The van der Waals surface area contributed by atoms with Gasteiger partial charge in [-0.2, -0.15) is 8.42 Å². The van der Waals surface area contributed by atoms with Gasteiger partial charge in [0.2, 0.25) is 0 Å². The summed E-state index contributed by atoms with van der Waals surface area (Å²) in [5.74, 6) is -1.08. The molecule has 0 radical (unpaired) electrons. The van der Waals surface area contributed by atoms with Gasteiger partial charge in [0.15, 0.2) is 0 Å². The first-order valence-corrected chi connectivity index (χ1v) is 6.85. The third-order valence-corrected chi connectivity index (χ3v) is 3.28. The molecule has 0 bridgehead atoms. The molecule has 0 saturated heterocycles. The van der Waals surface area contributed by atoms with Crippen molar-refractivity contribution < 1.29 is 18.3 Å². The van der Waals surface area contributed by atoms with Crippen LogP contribution in [0.4, 0.5) is 0 Å². The maximum Gasteiger partial charge on any atom is 0.303 e. The average molecular weight is 252 g/mol. The second-order valence-electron chi connectivity index (χ2n) is 3.62. The molecule has 0 saturated carbocycles. The summed E-state index contributed by atoms with van der Waals surface area (Å²) in [5, 5.41) is 8.59. The third-order valence-electron chi connectivity index (χ3n) is 2.14. The molecular formula is C9H20N2O4S. The first kappa shape index (κ1) is 15.3. The van der Waals surface area contributed by atoms with Crippen LogP contribution in [0.2, 0.25) is 0 Å². The van der Waals surface area contributed by atoms with Gasteiger partial charge in [-0.1, -0.05) is 20.3 Å². The van der Waals surface area contributed by atoms with E-state index in [9.17, 15) is 13.2 Å². The summed E-state index contributed by atoms with van der Waals surface area (Å²) < 4.78 is 27.4. The minimum Gasteiger partial charge on any atom is -0.481 e. The molecule has 3 N–H and O–H groups in total. The van der Waals surface area contributed by atoms with Gasteiger partial charge in [-0.25, -0.2) is 9.44 Å². The highest BCUT2D eigenvalue weighted by molar-refractivity contribution is 7.87. The Morgan fingerprint density at radius 1 is 1.31 bits per heavy atom. The molecule has 16 heavy (non-hydrogen) atoms. The van der Waals surface area contributed by atoms with Crippen LogP contribution in [-0.2, 0) is 15.0 Å². The van der Waals surface area contributed by atoms with E-state index in [1.807, 2.05) is 13.8 Å². The van der Waals surface area contributed by atoms with Gasteiger partial charge in [0.25, 0.3) is 10.2 Å². The molecule has 0 aromatic rings. The van der Waals surface area contributed by atoms with Crippen molar-refractivity contribution in [1.82, 2.24) is 9.44 Å². The highest BCUT2D eigenvalue weighted by Gasteiger charge is 2.15. The Labute approximate surface area is 96.6 Å². The fraction of sp³-hybridized carbons (Fsp3) is 0.889. The van der Waals surface area contributed by atoms with Gasteiger partial charge in [-0.3, -0.25) is 4.79 Å². The van der Waals surface area contributed by atoms with Gasteiger partial charge in [0, 0.05) is 19.5 Å². The number of carbonyl (C=O) groups is 1. The summed E-state index contributed by atoms with van der Waals surface area (Å²) in [7, 11) is -3.48. The molecular weight excluding hydrogens is 232 g/mol. The van der Waals surface area contributed by atoms with E-state index in [0.29, 0.717) is 19.4 Å². The maximum absolute atomic E-state index is 11.3. The second kappa shape index (κ2) is 7.59. The van der Waals surface area contributed by atoms with E-state index in [1.54, 1.807) is 0 Å². The van der Waals surface area contributed by atoms with Crippen molar-refractivity contribution in [2.45, 2.75) is 33.1 Å². The number of hydrogen-bond donors (Lipinski definition) is 3. The molecule has 7 heteroatoms. The van der Waals surface area contributed by atoms with Crippen molar-refractivity contribution in [2.24, 2.45) is 5.92 Å². The van der Waals surface area contributed by atoms with Crippen LogP contribution in [0.1, 0.15) is 33.1 Å². The molecule has 0 aromatic carbocycles. The summed E-state index contributed by atoms with van der Waals surface area (Å²) in [6.07, 6.45) is 1.32. The molecule has 6 nitrogen and oxygen atoms in total. The van der Waals surface area contributed by atoms with E-state index in [4.69, 9.17) is 5.11 Å². The summed E-state index contributed by atoms with van der Waals surface area (Å²) >= 11 is 0. The number of carboxylic acids is 1. The van der Waals surface area contributed by atoms with Crippen molar-refractivity contribution in [2.75, 3.05) is 13.1 Å². The average Bonchev–Trinajstić information content (AvgIpc) is 2.21. The molecule has 0 spiro atoms. The molecule has 1 unspecified atom stereocenters. The molecule has 0 aliphatic heterocycles. The minimum absolute atomic E-state index is 0.0210. The first-order valence-electron chi connectivity index (χ1n) is 5.37. The van der Waals surface area contributed by atoms with Crippen molar-refractivity contribution in [1.29, 1.82) is 0 Å². The largest absolute Gasteiger partial charge is 0.481 e. The smallest absolute Gasteiger partial charge is 0.303 e. The van der Waals surface area contributed by atoms with Gasteiger partial charge in [0.05, 0.1) is 0 Å². The molecule has 1 atom stereocenters. The predicted molar refractivity (Wildman–Crippen MR) is 61.3 cm³/mol. The summed E-state index contributed by atoms with van der Waals surface area (Å²) in [6, 6.07) is 0. The van der Waals surface area contributed by atoms with Crippen LogP contribution in [-0.4, -0.2) is 32.6 Å². The second-order valence-corrected chi connectivity index (χ2v) is 5.20. The minimum atomic E-state index is -3.48. The van der Waals surface area contributed by atoms with Crippen LogP contribution in [0, 0.1) is 5.92 Å². The van der Waals surface area contributed by atoms with Gasteiger partial charge >= 0.3 is 5.97 Å². The lowest BCUT2D eigenvalue weighted by Gasteiger charge is -2.13. The summed E-state index contributed by atoms with van der Waals surface area (Å²) in [5.41, 5.74) is 0. The van der Waals surface area contributed by atoms with E-state index < -0.39 is 16.2 Å². The zero-order valence-corrected chi connectivity index (χ0v) is 10.5. The zero-order chi connectivity index (χ0) is 12.6. The van der Waals surface area contributed by atoms with Crippen molar-refractivity contribution in [3.63, 3.8) is 0 Å². The molecule has 0 fully saturated rings. The van der Waals surface area contributed by atoms with E-state index in [-0.39, 0.29) is 18.9 Å². The number of hydrogen-bond acceptors (Lipinski definition) is 3. The number of aliphatic carboxylic acids is 1. The quantitative estimate of drug-likeness (QED) is 0.550. The van der Waals surface area contributed by atoms with E-state index in [1.165, 1.54) is 0 Å². The molecule has 0 amide bonds. The van der Waals surface area contributed by atoms with Crippen LogP contribution in [0.5, 0.6) is 0 Å². The van der Waals surface area contributed by atoms with Crippen molar-refractivity contribution in [3.8, 4) is 0 Å². The topological polar surface area (TPSA) is 95.5 Å². The molecule has 96 valence electrons. The lowest BCUT2D eigenvalue weighted by molar-refractivity contribution is -0.138. The first-order chi connectivity index (χ1) is 7.41. The Morgan fingerprint density at radius 2 is 1.94 bits per heavy atom. The van der Waals surface area contributed by atoms with E-state index in [0.717, 1.165) is 0 Å². The highest BCUT2D eigenvalue weighted by Crippen LogP contribution is 2.06. The fourth-order valence-corrected chi connectivity index (χ4v) is 2.15. The Morgan fingerprint density at radius 3 is 2.38 bits per heavy atom. The summed E-state index contributed by atoms with van der Waals surface area (Å²) in [4.78, 5) is 10.5. The van der Waals surface area contributed by atoms with Crippen molar-refractivity contribution in [3.05, 3.63) is 0 Å². The summed E-state index contributed by atoms with van der Waals surface area (Å²) in [6.45, 7) is 4.23. The van der Waals surface area contributed by atoms with Gasteiger partial charge in [-0.15, -0.1) is 0 Å². The van der Waals surface area contributed by atoms with Crippen LogP contribution >= 0.6 is 0 Å².